The molecule has 2 amide bonds. The highest BCUT2D eigenvalue weighted by Gasteiger charge is 2.35. The molecule has 2 heterocycles. The molecule has 0 aliphatic carbocycles. The maximum atomic E-state index is 12.8. The van der Waals surface area contributed by atoms with Crippen molar-refractivity contribution in [1.82, 2.24) is 15.1 Å². The standard InChI is InChI=1S/C17H31N3O2.ClH/c1-17(2,3)16(22)20-11-5-6-13(12-20)15(21)19(4)14-7-9-18-10-8-14;/h13-14,18H,5-12H2,1-4H3;1H. The normalized spacial score (nSPS) is 23.1. The number of hydrogen-bond acceptors (Lipinski definition) is 3. The zero-order valence-corrected chi connectivity index (χ0v) is 15.7. The molecule has 6 heteroatoms. The fourth-order valence-corrected chi connectivity index (χ4v) is 3.50. The summed E-state index contributed by atoms with van der Waals surface area (Å²) < 4.78 is 0. The summed E-state index contributed by atoms with van der Waals surface area (Å²) in [6, 6.07) is 0.349. The number of likely N-dealkylation sites (tertiary alicyclic amines) is 1. The van der Waals surface area contributed by atoms with Gasteiger partial charge in [-0.05, 0) is 38.8 Å². The lowest BCUT2D eigenvalue weighted by atomic mass is 9.90. The Morgan fingerprint density at radius 1 is 1.13 bits per heavy atom. The van der Waals surface area contributed by atoms with E-state index in [1.54, 1.807) is 0 Å². The van der Waals surface area contributed by atoms with Crippen LogP contribution in [0.5, 0.6) is 0 Å². The van der Waals surface area contributed by atoms with Crippen LogP contribution in [0, 0.1) is 11.3 Å². The molecule has 0 saturated carbocycles. The van der Waals surface area contributed by atoms with Crippen molar-refractivity contribution in [2.45, 2.75) is 52.5 Å². The minimum Gasteiger partial charge on any atom is -0.342 e. The summed E-state index contributed by atoms with van der Waals surface area (Å²) in [5, 5.41) is 3.34. The topological polar surface area (TPSA) is 52.7 Å². The lowest BCUT2D eigenvalue weighted by Crippen LogP contribution is -2.51. The Bertz CT molecular complexity index is 417. The van der Waals surface area contributed by atoms with Crippen molar-refractivity contribution in [3.05, 3.63) is 0 Å². The first-order valence-corrected chi connectivity index (χ1v) is 8.57. The molecule has 0 aromatic heterocycles. The predicted octanol–water partition coefficient (Wildman–Crippen LogP) is 1.90. The van der Waals surface area contributed by atoms with E-state index in [0.29, 0.717) is 12.6 Å². The van der Waals surface area contributed by atoms with Gasteiger partial charge in [-0.15, -0.1) is 12.4 Å². The fraction of sp³-hybridized carbons (Fsp3) is 0.882. The van der Waals surface area contributed by atoms with Gasteiger partial charge in [-0.25, -0.2) is 0 Å². The SMILES string of the molecule is CN(C(=O)C1CCCN(C(=O)C(C)(C)C)C1)C1CCNCC1.Cl. The number of rotatable bonds is 2. The molecule has 0 radical (unpaired) electrons. The van der Waals surface area contributed by atoms with E-state index in [4.69, 9.17) is 0 Å². The Balaban J connectivity index is 0.00000264. The second-order valence-corrected chi connectivity index (χ2v) is 7.77. The molecule has 0 aromatic carbocycles. The highest BCUT2D eigenvalue weighted by atomic mass is 35.5. The van der Waals surface area contributed by atoms with Gasteiger partial charge in [-0.2, -0.15) is 0 Å². The highest BCUT2D eigenvalue weighted by Crippen LogP contribution is 2.25. The first-order chi connectivity index (χ1) is 10.3. The van der Waals surface area contributed by atoms with E-state index in [2.05, 4.69) is 5.32 Å². The van der Waals surface area contributed by atoms with Gasteiger partial charge in [-0.1, -0.05) is 20.8 Å². The van der Waals surface area contributed by atoms with E-state index in [1.807, 2.05) is 37.6 Å². The van der Waals surface area contributed by atoms with Crippen LogP contribution in [0.25, 0.3) is 0 Å². The number of nitrogens with zero attached hydrogens (tertiary/aromatic N) is 2. The maximum absolute atomic E-state index is 12.8. The molecule has 2 rings (SSSR count). The number of amides is 2. The van der Waals surface area contributed by atoms with E-state index < -0.39 is 0 Å². The fourth-order valence-electron chi connectivity index (χ4n) is 3.50. The molecule has 0 aromatic rings. The maximum Gasteiger partial charge on any atom is 0.227 e. The molecule has 1 N–H and O–H groups in total. The molecule has 0 spiro atoms. The number of hydrogen-bond donors (Lipinski definition) is 1. The zero-order chi connectivity index (χ0) is 16.3. The average molecular weight is 346 g/mol. The van der Waals surface area contributed by atoms with Crippen molar-refractivity contribution in [2.24, 2.45) is 11.3 Å². The molecule has 2 saturated heterocycles. The number of carbonyl (C=O) groups is 2. The molecule has 2 aliphatic rings. The predicted molar refractivity (Wildman–Crippen MR) is 94.7 cm³/mol. The summed E-state index contributed by atoms with van der Waals surface area (Å²) in [7, 11) is 1.93. The van der Waals surface area contributed by atoms with E-state index in [0.717, 1.165) is 45.3 Å². The minimum absolute atomic E-state index is 0. The Labute approximate surface area is 146 Å². The van der Waals surface area contributed by atoms with Gasteiger partial charge >= 0.3 is 0 Å². The van der Waals surface area contributed by atoms with E-state index >= 15 is 0 Å². The van der Waals surface area contributed by atoms with Gasteiger partial charge < -0.3 is 15.1 Å². The first-order valence-electron chi connectivity index (χ1n) is 8.57. The van der Waals surface area contributed by atoms with Crippen molar-refractivity contribution >= 4 is 24.2 Å². The summed E-state index contributed by atoms with van der Waals surface area (Å²) in [6.45, 7) is 9.19. The number of nitrogens with one attached hydrogen (secondary N) is 1. The van der Waals surface area contributed by atoms with Gasteiger partial charge in [0.25, 0.3) is 0 Å². The van der Waals surface area contributed by atoms with Gasteiger partial charge in [-0.3, -0.25) is 9.59 Å². The Morgan fingerprint density at radius 3 is 2.30 bits per heavy atom. The second-order valence-electron chi connectivity index (χ2n) is 7.77. The Kier molecular flexibility index (Phi) is 7.33. The van der Waals surface area contributed by atoms with Crippen LogP contribution < -0.4 is 5.32 Å². The van der Waals surface area contributed by atoms with Crippen LogP contribution in [-0.4, -0.2) is 60.9 Å². The van der Waals surface area contributed by atoms with Gasteiger partial charge in [0, 0.05) is 31.6 Å². The molecule has 0 bridgehead atoms. The third-order valence-electron chi connectivity index (χ3n) is 4.90. The van der Waals surface area contributed by atoms with Gasteiger partial charge in [0.05, 0.1) is 5.92 Å². The molecule has 23 heavy (non-hydrogen) atoms. The molecule has 2 aliphatic heterocycles. The van der Waals surface area contributed by atoms with Crippen LogP contribution in [0.1, 0.15) is 46.5 Å². The Morgan fingerprint density at radius 2 is 1.74 bits per heavy atom. The summed E-state index contributed by atoms with van der Waals surface area (Å²) in [5.41, 5.74) is -0.369. The average Bonchev–Trinajstić information content (AvgIpc) is 2.52. The van der Waals surface area contributed by atoms with Crippen LogP contribution in [-0.2, 0) is 9.59 Å². The van der Waals surface area contributed by atoms with Crippen molar-refractivity contribution in [3.63, 3.8) is 0 Å². The van der Waals surface area contributed by atoms with E-state index in [9.17, 15) is 9.59 Å². The summed E-state index contributed by atoms with van der Waals surface area (Å²) in [5.74, 6) is 0.354. The van der Waals surface area contributed by atoms with Crippen LogP contribution in [0.2, 0.25) is 0 Å². The minimum atomic E-state index is -0.369. The van der Waals surface area contributed by atoms with Crippen LogP contribution in [0.15, 0.2) is 0 Å². The largest absolute Gasteiger partial charge is 0.342 e. The first kappa shape index (κ1) is 20.2. The second kappa shape index (κ2) is 8.34. The molecule has 5 nitrogen and oxygen atoms in total. The quantitative estimate of drug-likeness (QED) is 0.831. The van der Waals surface area contributed by atoms with Gasteiger partial charge in [0.2, 0.25) is 11.8 Å². The van der Waals surface area contributed by atoms with Gasteiger partial charge in [0.15, 0.2) is 0 Å². The molecule has 134 valence electrons. The lowest BCUT2D eigenvalue weighted by Gasteiger charge is -2.39. The van der Waals surface area contributed by atoms with Crippen LogP contribution in [0.4, 0.5) is 0 Å². The molecular formula is C17H32ClN3O2. The monoisotopic (exact) mass is 345 g/mol. The number of halogens is 1. The van der Waals surface area contributed by atoms with Gasteiger partial charge in [0.1, 0.15) is 0 Å². The molecule has 2 fully saturated rings. The van der Waals surface area contributed by atoms with Crippen LogP contribution in [0.3, 0.4) is 0 Å². The third kappa shape index (κ3) is 5.08. The summed E-state index contributed by atoms with van der Waals surface area (Å²) >= 11 is 0. The van der Waals surface area contributed by atoms with Crippen molar-refractivity contribution < 1.29 is 9.59 Å². The summed E-state index contributed by atoms with van der Waals surface area (Å²) in [4.78, 5) is 29.1. The molecular weight excluding hydrogens is 314 g/mol. The third-order valence-corrected chi connectivity index (χ3v) is 4.90. The van der Waals surface area contributed by atoms with Crippen LogP contribution >= 0.6 is 12.4 Å². The van der Waals surface area contributed by atoms with E-state index in [1.165, 1.54) is 0 Å². The number of piperidine rings is 2. The summed E-state index contributed by atoms with van der Waals surface area (Å²) in [6.07, 6.45) is 3.89. The zero-order valence-electron chi connectivity index (χ0n) is 14.9. The molecule has 1 atom stereocenters. The molecule has 1 unspecified atom stereocenters. The smallest absolute Gasteiger partial charge is 0.227 e. The number of carbonyl (C=O) groups excluding carboxylic acids is 2. The highest BCUT2D eigenvalue weighted by molar-refractivity contribution is 5.85. The van der Waals surface area contributed by atoms with Crippen molar-refractivity contribution in [3.8, 4) is 0 Å². The van der Waals surface area contributed by atoms with E-state index in [-0.39, 0.29) is 35.6 Å². The lowest BCUT2D eigenvalue weighted by molar-refractivity contribution is -0.145. The van der Waals surface area contributed by atoms with Crippen molar-refractivity contribution in [2.75, 3.05) is 33.2 Å². The van der Waals surface area contributed by atoms with Crippen molar-refractivity contribution in [1.29, 1.82) is 0 Å². The Hall–Kier alpha value is -0.810.